The number of hydrogen-bond donors (Lipinski definition) is 1. The van der Waals surface area contributed by atoms with Gasteiger partial charge in [-0.15, -0.1) is 10.2 Å². The molecule has 0 saturated carbocycles. The van der Waals surface area contributed by atoms with Gasteiger partial charge in [0.15, 0.2) is 5.65 Å². The Bertz CT molecular complexity index is 1640. The third-order valence-corrected chi connectivity index (χ3v) is 6.07. The Balaban J connectivity index is 1.31. The molecule has 3 aromatic carbocycles. The van der Waals surface area contributed by atoms with Crippen molar-refractivity contribution in [3.05, 3.63) is 96.2 Å². The normalized spacial score (nSPS) is 11.8. The van der Waals surface area contributed by atoms with Crippen LogP contribution in [-0.4, -0.2) is 30.5 Å². The largest absolute Gasteiger partial charge is 0.342 e. The van der Waals surface area contributed by atoms with E-state index in [0.29, 0.717) is 5.95 Å². The average Bonchev–Trinajstić information content (AvgIpc) is 3.39. The maximum absolute atomic E-state index is 4.70. The first-order valence-corrected chi connectivity index (χ1v) is 11.3. The molecule has 7 nitrogen and oxygen atoms in total. The predicted molar refractivity (Wildman–Crippen MR) is 137 cm³/mol. The molecule has 0 amide bonds. The summed E-state index contributed by atoms with van der Waals surface area (Å²) in [5.41, 5.74) is 9.12. The number of rotatable bonds is 6. The maximum atomic E-state index is 4.70. The summed E-state index contributed by atoms with van der Waals surface area (Å²) in [6.07, 6.45) is 3.94. The second kappa shape index (κ2) is 8.44. The molecule has 166 valence electrons. The van der Waals surface area contributed by atoms with Gasteiger partial charge >= 0.3 is 0 Å². The molecule has 3 aromatic heterocycles. The van der Waals surface area contributed by atoms with E-state index in [4.69, 9.17) is 4.98 Å². The lowest BCUT2D eigenvalue weighted by molar-refractivity contribution is 0.811. The number of para-hydroxylation sites is 2. The van der Waals surface area contributed by atoms with E-state index in [1.165, 1.54) is 11.1 Å². The number of nitrogens with zero attached hydrogens (tertiary/aromatic N) is 6. The van der Waals surface area contributed by atoms with Crippen molar-refractivity contribution in [2.75, 3.05) is 5.43 Å². The molecule has 0 radical (unpaired) electrons. The van der Waals surface area contributed by atoms with Gasteiger partial charge in [-0.25, -0.2) is 5.43 Å². The molecule has 0 spiro atoms. The van der Waals surface area contributed by atoms with Gasteiger partial charge in [0.2, 0.25) is 0 Å². The quantitative estimate of drug-likeness (QED) is 0.273. The summed E-state index contributed by atoms with van der Waals surface area (Å²) in [6.45, 7) is 3.70. The van der Waals surface area contributed by atoms with Gasteiger partial charge in [0, 0.05) is 41.1 Å². The predicted octanol–water partition coefficient (Wildman–Crippen LogP) is 5.45. The van der Waals surface area contributed by atoms with E-state index in [0.717, 1.165) is 46.1 Å². The highest BCUT2D eigenvalue weighted by atomic mass is 15.4. The molecule has 34 heavy (non-hydrogen) atoms. The molecular weight excluding hydrogens is 422 g/mol. The monoisotopic (exact) mass is 445 g/mol. The minimum atomic E-state index is 0.370. The van der Waals surface area contributed by atoms with Gasteiger partial charge in [-0.3, -0.25) is 0 Å². The van der Waals surface area contributed by atoms with E-state index < -0.39 is 0 Å². The molecule has 0 aliphatic rings. The smallest absolute Gasteiger partial charge is 0.265 e. The number of nitrogens with one attached hydrogen (secondary N) is 1. The summed E-state index contributed by atoms with van der Waals surface area (Å²) in [4.78, 5) is 4.70. The van der Waals surface area contributed by atoms with Crippen LogP contribution in [0.15, 0.2) is 90.2 Å². The van der Waals surface area contributed by atoms with Crippen LogP contribution < -0.4 is 5.43 Å². The first-order chi connectivity index (χ1) is 16.8. The summed E-state index contributed by atoms with van der Waals surface area (Å²) in [7, 11) is 0. The van der Waals surface area contributed by atoms with Gasteiger partial charge in [-0.05, 0) is 24.6 Å². The molecule has 6 rings (SSSR count). The Morgan fingerprint density at radius 2 is 1.59 bits per heavy atom. The molecule has 0 aliphatic heterocycles. The fraction of sp³-hybridized carbons (Fsp3) is 0.111. The number of anilines is 1. The third-order valence-electron chi connectivity index (χ3n) is 6.07. The fourth-order valence-corrected chi connectivity index (χ4v) is 4.52. The Morgan fingerprint density at radius 3 is 2.41 bits per heavy atom. The van der Waals surface area contributed by atoms with E-state index >= 15 is 0 Å². The fourth-order valence-electron chi connectivity index (χ4n) is 4.52. The van der Waals surface area contributed by atoms with Crippen LogP contribution >= 0.6 is 0 Å². The highest BCUT2D eigenvalue weighted by Gasteiger charge is 2.13. The second-order valence-electron chi connectivity index (χ2n) is 8.15. The summed E-state index contributed by atoms with van der Waals surface area (Å²) in [6, 6.07) is 27.0. The molecule has 0 saturated heterocycles. The van der Waals surface area contributed by atoms with Crippen molar-refractivity contribution in [1.29, 1.82) is 0 Å². The van der Waals surface area contributed by atoms with Crippen LogP contribution in [0.1, 0.15) is 18.1 Å². The second-order valence-corrected chi connectivity index (χ2v) is 8.15. The molecule has 0 unspecified atom stereocenters. The molecule has 0 bridgehead atoms. The lowest BCUT2D eigenvalue weighted by atomic mass is 10.2. The Hall–Kier alpha value is -4.52. The number of aromatic nitrogens is 5. The molecule has 6 aromatic rings. The lowest BCUT2D eigenvalue weighted by Gasteiger charge is -2.05. The molecular formula is C27H23N7. The standard InChI is InChI=1S/C27H23N7/c1-2-34-24-15-9-7-13-22(24)25-26(34)29-27(32-30-25)31-28-16-20-18-33(17-19-10-4-3-5-11-19)23-14-8-6-12-21(20)23/h3-16,18H,2,17H2,1H3,(H,29,31,32)/b28-16+. The van der Waals surface area contributed by atoms with Crippen molar-refractivity contribution in [2.45, 2.75) is 20.0 Å². The van der Waals surface area contributed by atoms with Gasteiger partial charge in [0.1, 0.15) is 5.52 Å². The number of aryl methyl sites for hydroxylation is 1. The molecule has 3 heterocycles. The minimum absolute atomic E-state index is 0.370. The van der Waals surface area contributed by atoms with Crippen molar-refractivity contribution in [2.24, 2.45) is 5.10 Å². The molecule has 0 aliphatic carbocycles. The Labute approximate surface area is 196 Å². The summed E-state index contributed by atoms with van der Waals surface area (Å²) in [5.74, 6) is 0.370. The minimum Gasteiger partial charge on any atom is -0.342 e. The Kier molecular flexibility index (Phi) is 4.99. The summed E-state index contributed by atoms with van der Waals surface area (Å²) < 4.78 is 4.39. The first kappa shape index (κ1) is 20.1. The van der Waals surface area contributed by atoms with E-state index in [1.807, 2.05) is 30.5 Å². The van der Waals surface area contributed by atoms with Crippen LogP contribution in [0.4, 0.5) is 5.95 Å². The van der Waals surface area contributed by atoms with Gasteiger partial charge in [-0.2, -0.15) is 10.1 Å². The van der Waals surface area contributed by atoms with Gasteiger partial charge < -0.3 is 9.13 Å². The third kappa shape index (κ3) is 3.47. The number of fused-ring (bicyclic) bond motifs is 4. The van der Waals surface area contributed by atoms with Crippen LogP contribution in [-0.2, 0) is 13.1 Å². The van der Waals surface area contributed by atoms with Gasteiger partial charge in [0.25, 0.3) is 5.95 Å². The average molecular weight is 446 g/mol. The summed E-state index contributed by atoms with van der Waals surface area (Å²) in [5, 5.41) is 15.3. The van der Waals surface area contributed by atoms with Crippen LogP contribution in [0, 0.1) is 0 Å². The number of hydrazone groups is 1. The SMILES string of the molecule is CCn1c2ccccc2c2nnc(N/N=C/c3cn(Cc4ccccc4)c4ccccc34)nc21. The van der Waals surface area contributed by atoms with Crippen molar-refractivity contribution >= 4 is 45.1 Å². The van der Waals surface area contributed by atoms with Gasteiger partial charge in [0.05, 0.1) is 11.7 Å². The van der Waals surface area contributed by atoms with Crippen LogP contribution in [0.25, 0.3) is 33.0 Å². The van der Waals surface area contributed by atoms with Crippen LogP contribution in [0.2, 0.25) is 0 Å². The maximum Gasteiger partial charge on any atom is 0.265 e. The van der Waals surface area contributed by atoms with Crippen molar-refractivity contribution in [3.63, 3.8) is 0 Å². The van der Waals surface area contributed by atoms with Crippen molar-refractivity contribution in [3.8, 4) is 0 Å². The van der Waals surface area contributed by atoms with E-state index in [2.05, 4.69) is 97.6 Å². The van der Waals surface area contributed by atoms with E-state index in [-0.39, 0.29) is 0 Å². The molecule has 0 atom stereocenters. The van der Waals surface area contributed by atoms with Gasteiger partial charge in [-0.1, -0.05) is 66.7 Å². The number of benzene rings is 3. The van der Waals surface area contributed by atoms with Crippen LogP contribution in [0.3, 0.4) is 0 Å². The Morgan fingerprint density at radius 1 is 0.853 bits per heavy atom. The highest BCUT2D eigenvalue weighted by molar-refractivity contribution is 6.04. The number of hydrogen-bond acceptors (Lipinski definition) is 5. The van der Waals surface area contributed by atoms with Crippen molar-refractivity contribution in [1.82, 2.24) is 24.3 Å². The topological polar surface area (TPSA) is 72.9 Å². The van der Waals surface area contributed by atoms with E-state index in [9.17, 15) is 0 Å². The zero-order chi connectivity index (χ0) is 22.9. The van der Waals surface area contributed by atoms with E-state index in [1.54, 1.807) is 0 Å². The molecule has 7 heteroatoms. The first-order valence-electron chi connectivity index (χ1n) is 11.3. The lowest BCUT2D eigenvalue weighted by Crippen LogP contribution is -2.02. The van der Waals surface area contributed by atoms with Crippen molar-refractivity contribution < 1.29 is 0 Å². The van der Waals surface area contributed by atoms with Crippen LogP contribution in [0.5, 0.6) is 0 Å². The zero-order valence-corrected chi connectivity index (χ0v) is 18.8. The zero-order valence-electron chi connectivity index (χ0n) is 18.8. The molecule has 1 N–H and O–H groups in total. The summed E-state index contributed by atoms with van der Waals surface area (Å²) >= 11 is 0. The molecule has 0 fully saturated rings. The highest BCUT2D eigenvalue weighted by Crippen LogP contribution is 2.26.